The van der Waals surface area contributed by atoms with Crippen molar-refractivity contribution in [1.82, 2.24) is 19.9 Å². The topological polar surface area (TPSA) is 91.5 Å². The maximum atomic E-state index is 11.9. The molecule has 0 bridgehead atoms. The van der Waals surface area contributed by atoms with Crippen LogP contribution in [0.1, 0.15) is 17.1 Å². The third kappa shape index (κ3) is 2.44. The van der Waals surface area contributed by atoms with E-state index in [0.717, 1.165) is 16.6 Å². The van der Waals surface area contributed by atoms with E-state index in [1.807, 2.05) is 49.4 Å². The van der Waals surface area contributed by atoms with Crippen molar-refractivity contribution in [3.05, 3.63) is 68.3 Å². The van der Waals surface area contributed by atoms with Gasteiger partial charge in [0.25, 0.3) is 5.56 Å². The predicted molar refractivity (Wildman–Crippen MR) is 96.3 cm³/mol. The molecule has 6 nitrogen and oxygen atoms in total. The first-order valence-corrected chi connectivity index (χ1v) is 8.10. The van der Waals surface area contributed by atoms with Gasteiger partial charge < -0.3 is 4.98 Å². The summed E-state index contributed by atoms with van der Waals surface area (Å²) in [5.74, 6) is 0.564. The summed E-state index contributed by atoms with van der Waals surface area (Å²) in [6.45, 7) is 1.84. The van der Waals surface area contributed by atoms with Gasteiger partial charge in [-0.15, -0.1) is 11.3 Å². The minimum Gasteiger partial charge on any atom is -0.305 e. The van der Waals surface area contributed by atoms with Crippen molar-refractivity contribution in [2.24, 2.45) is 0 Å². The van der Waals surface area contributed by atoms with Gasteiger partial charge in [-0.05, 0) is 18.6 Å². The van der Waals surface area contributed by atoms with E-state index in [9.17, 15) is 9.59 Å². The van der Waals surface area contributed by atoms with Crippen molar-refractivity contribution in [2.75, 3.05) is 0 Å². The highest BCUT2D eigenvalue weighted by Crippen LogP contribution is 2.30. The molecule has 3 aromatic heterocycles. The Morgan fingerprint density at radius 3 is 2.62 bits per heavy atom. The van der Waals surface area contributed by atoms with Crippen LogP contribution >= 0.6 is 11.3 Å². The minimum atomic E-state index is -0.528. The van der Waals surface area contributed by atoms with Crippen LogP contribution in [0.4, 0.5) is 0 Å². The molecule has 0 saturated heterocycles. The monoisotopic (exact) mass is 336 g/mol. The Kier molecular flexibility index (Phi) is 3.35. The summed E-state index contributed by atoms with van der Waals surface area (Å²) in [5.41, 5.74) is 1.34. The van der Waals surface area contributed by atoms with Crippen LogP contribution in [0.25, 0.3) is 32.6 Å². The second-order valence-corrected chi connectivity index (χ2v) is 6.30. The second kappa shape index (κ2) is 5.54. The highest BCUT2D eigenvalue weighted by atomic mass is 32.1. The van der Waals surface area contributed by atoms with Crippen LogP contribution in [0.2, 0.25) is 0 Å². The first-order valence-electron chi connectivity index (χ1n) is 7.28. The lowest BCUT2D eigenvalue weighted by Crippen LogP contribution is -2.20. The maximum absolute atomic E-state index is 11.9. The van der Waals surface area contributed by atoms with E-state index in [-0.39, 0.29) is 0 Å². The van der Waals surface area contributed by atoms with Crippen molar-refractivity contribution in [1.29, 1.82) is 0 Å². The Bertz CT molecular complexity index is 1200. The molecule has 0 saturated carbocycles. The molecule has 0 aliphatic heterocycles. The van der Waals surface area contributed by atoms with Crippen LogP contribution in [0.5, 0.6) is 0 Å². The van der Waals surface area contributed by atoms with Gasteiger partial charge in [0.05, 0.1) is 16.6 Å². The number of H-pyrrole nitrogens is 2. The number of hydrogen-bond donors (Lipinski definition) is 2. The lowest BCUT2D eigenvalue weighted by atomic mass is 10.2. The van der Waals surface area contributed by atoms with E-state index >= 15 is 0 Å². The zero-order valence-corrected chi connectivity index (χ0v) is 13.5. The van der Waals surface area contributed by atoms with Gasteiger partial charge in [-0.3, -0.25) is 9.78 Å². The third-order valence-corrected chi connectivity index (χ3v) is 4.73. The van der Waals surface area contributed by atoms with Gasteiger partial charge in [0.15, 0.2) is 5.82 Å². The molecule has 0 aliphatic carbocycles. The Morgan fingerprint density at radius 2 is 1.83 bits per heavy atom. The number of aromatic amines is 2. The maximum Gasteiger partial charge on any atom is 0.326 e. The average Bonchev–Trinajstić information content (AvgIpc) is 2.93. The van der Waals surface area contributed by atoms with Crippen molar-refractivity contribution in [3.63, 3.8) is 0 Å². The summed E-state index contributed by atoms with van der Waals surface area (Å²) in [7, 11) is 0. The average molecular weight is 336 g/mol. The van der Waals surface area contributed by atoms with E-state index in [1.165, 1.54) is 11.3 Å². The third-order valence-electron chi connectivity index (χ3n) is 3.65. The summed E-state index contributed by atoms with van der Waals surface area (Å²) in [6, 6.07) is 9.87. The molecule has 4 aromatic rings. The first-order chi connectivity index (χ1) is 11.6. The van der Waals surface area contributed by atoms with Crippen LogP contribution in [0, 0.1) is 6.92 Å². The molecule has 24 heavy (non-hydrogen) atoms. The number of benzene rings is 1. The highest BCUT2D eigenvalue weighted by molar-refractivity contribution is 7.25. The normalized spacial score (nSPS) is 11.7. The van der Waals surface area contributed by atoms with E-state index in [1.54, 1.807) is 0 Å². The zero-order chi connectivity index (χ0) is 16.7. The molecular weight excluding hydrogens is 324 g/mol. The number of thiophene rings is 1. The molecule has 4 rings (SSSR count). The van der Waals surface area contributed by atoms with Crippen LogP contribution in [0.3, 0.4) is 0 Å². The number of aryl methyl sites for hydroxylation is 1. The smallest absolute Gasteiger partial charge is 0.305 e. The molecular formula is C17H12N4O2S. The molecule has 0 fully saturated rings. The van der Waals surface area contributed by atoms with E-state index in [4.69, 9.17) is 0 Å². The van der Waals surface area contributed by atoms with Crippen molar-refractivity contribution in [3.8, 4) is 0 Å². The molecule has 0 amide bonds. The molecule has 2 N–H and O–H groups in total. The first kappa shape index (κ1) is 14.5. The van der Waals surface area contributed by atoms with Gasteiger partial charge in [-0.25, -0.2) is 14.8 Å². The Balaban J connectivity index is 1.90. The summed E-state index contributed by atoms with van der Waals surface area (Å²) in [6.07, 6.45) is 3.77. The fourth-order valence-corrected chi connectivity index (χ4v) is 3.67. The number of nitrogens with zero attached hydrogens (tertiary/aromatic N) is 2. The fraction of sp³-hybridized carbons (Fsp3) is 0.0588. The van der Waals surface area contributed by atoms with Crippen molar-refractivity contribution in [2.45, 2.75) is 6.92 Å². The molecule has 0 aliphatic rings. The van der Waals surface area contributed by atoms with Crippen LogP contribution in [-0.2, 0) is 0 Å². The van der Waals surface area contributed by atoms with Gasteiger partial charge >= 0.3 is 5.69 Å². The SMILES string of the molecule is Cc1nc(/C=C/c2ccccc2)nc2sc3c(=O)[nH]c(=O)[nH]c3c12. The standard InChI is InChI=1S/C17H12N4O2S/c1-9-12-13-14(15(22)21-17(23)20-13)24-16(12)19-11(18-9)8-7-10-5-3-2-4-6-10/h2-8H,1H3,(H2,20,21,22,23)/b8-7+. The van der Waals surface area contributed by atoms with Gasteiger partial charge in [-0.2, -0.15) is 0 Å². The lowest BCUT2D eigenvalue weighted by Gasteiger charge is -1.99. The van der Waals surface area contributed by atoms with Gasteiger partial charge in [0.2, 0.25) is 0 Å². The summed E-state index contributed by atoms with van der Waals surface area (Å²) >= 11 is 1.25. The highest BCUT2D eigenvalue weighted by Gasteiger charge is 2.14. The Morgan fingerprint density at radius 1 is 1.04 bits per heavy atom. The largest absolute Gasteiger partial charge is 0.326 e. The van der Waals surface area contributed by atoms with E-state index < -0.39 is 11.2 Å². The van der Waals surface area contributed by atoms with Crippen LogP contribution in [0.15, 0.2) is 39.9 Å². The Labute approximate surface area is 139 Å². The molecule has 0 unspecified atom stereocenters. The summed E-state index contributed by atoms with van der Waals surface area (Å²) in [5, 5.41) is 0.718. The second-order valence-electron chi connectivity index (χ2n) is 5.31. The number of hydrogen-bond acceptors (Lipinski definition) is 5. The van der Waals surface area contributed by atoms with Crippen LogP contribution < -0.4 is 11.2 Å². The number of rotatable bonds is 2. The number of nitrogens with one attached hydrogen (secondary N) is 2. The summed E-state index contributed by atoms with van der Waals surface area (Å²) in [4.78, 5) is 38.0. The number of fused-ring (bicyclic) bond motifs is 3. The van der Waals surface area contributed by atoms with Crippen molar-refractivity contribution < 1.29 is 0 Å². The molecule has 118 valence electrons. The molecule has 0 radical (unpaired) electrons. The molecule has 0 spiro atoms. The van der Waals surface area contributed by atoms with E-state index in [0.29, 0.717) is 20.9 Å². The van der Waals surface area contributed by atoms with Crippen molar-refractivity contribution >= 4 is 43.9 Å². The molecule has 0 atom stereocenters. The Hall–Kier alpha value is -3.06. The molecule has 7 heteroatoms. The van der Waals surface area contributed by atoms with E-state index in [2.05, 4.69) is 19.9 Å². The summed E-state index contributed by atoms with van der Waals surface area (Å²) < 4.78 is 0.450. The van der Waals surface area contributed by atoms with Gasteiger partial charge in [0.1, 0.15) is 9.53 Å². The number of aromatic nitrogens is 4. The zero-order valence-electron chi connectivity index (χ0n) is 12.7. The van der Waals surface area contributed by atoms with Gasteiger partial charge in [0, 0.05) is 0 Å². The van der Waals surface area contributed by atoms with Crippen LogP contribution in [-0.4, -0.2) is 19.9 Å². The predicted octanol–water partition coefficient (Wildman–Crippen LogP) is 2.70. The lowest BCUT2D eigenvalue weighted by molar-refractivity contribution is 1.09. The molecule has 1 aromatic carbocycles. The minimum absolute atomic E-state index is 0.405. The fourth-order valence-electron chi connectivity index (χ4n) is 2.58. The van der Waals surface area contributed by atoms with Gasteiger partial charge in [-0.1, -0.05) is 36.4 Å². The quantitative estimate of drug-likeness (QED) is 0.589. The molecule has 3 heterocycles.